The highest BCUT2D eigenvalue weighted by molar-refractivity contribution is 6.30. The van der Waals surface area contributed by atoms with Crippen molar-refractivity contribution >= 4 is 23.3 Å². The van der Waals surface area contributed by atoms with Gasteiger partial charge in [0.05, 0.1) is 18.5 Å². The van der Waals surface area contributed by atoms with Crippen LogP contribution in [0.4, 0.5) is 5.82 Å². The summed E-state index contributed by atoms with van der Waals surface area (Å²) in [6.07, 6.45) is 2.20. The van der Waals surface area contributed by atoms with E-state index in [0.29, 0.717) is 23.9 Å². The lowest BCUT2D eigenvalue weighted by atomic mass is 9.87. The van der Waals surface area contributed by atoms with Crippen LogP contribution in [-0.4, -0.2) is 22.3 Å². The van der Waals surface area contributed by atoms with Crippen molar-refractivity contribution in [3.8, 4) is 11.4 Å². The number of fused-ring (bicyclic) bond motifs is 1. The summed E-state index contributed by atoms with van der Waals surface area (Å²) in [7, 11) is 0. The number of hydrogen-bond acceptors (Lipinski definition) is 3. The summed E-state index contributed by atoms with van der Waals surface area (Å²) in [5.74, 6) is 1.43. The molecule has 2 heterocycles. The van der Waals surface area contributed by atoms with Crippen LogP contribution in [0.3, 0.4) is 0 Å². The third-order valence-corrected chi connectivity index (χ3v) is 4.71. The van der Waals surface area contributed by atoms with E-state index >= 15 is 0 Å². The van der Waals surface area contributed by atoms with Gasteiger partial charge in [0, 0.05) is 22.9 Å². The topological polar surface area (TPSA) is 56.1 Å². The number of rotatable bonds is 4. The summed E-state index contributed by atoms with van der Waals surface area (Å²) < 4.78 is 7.34. The fourth-order valence-electron chi connectivity index (χ4n) is 3.28. The quantitative estimate of drug-likeness (QED) is 0.743. The molecule has 6 heteroatoms. The molecular weight excluding hydrogens is 350 g/mol. The van der Waals surface area contributed by atoms with E-state index in [-0.39, 0.29) is 11.8 Å². The number of halogens is 1. The van der Waals surface area contributed by atoms with Crippen molar-refractivity contribution in [2.24, 2.45) is 0 Å². The van der Waals surface area contributed by atoms with Gasteiger partial charge in [-0.25, -0.2) is 4.68 Å². The van der Waals surface area contributed by atoms with Gasteiger partial charge in [-0.05, 0) is 48.9 Å². The first-order chi connectivity index (χ1) is 12.7. The molecule has 0 saturated heterocycles. The molecule has 0 aliphatic carbocycles. The fourth-order valence-corrected chi connectivity index (χ4v) is 3.41. The van der Waals surface area contributed by atoms with Crippen LogP contribution in [0, 0.1) is 0 Å². The molecule has 0 saturated carbocycles. The minimum Gasteiger partial charge on any atom is -0.494 e. The molecule has 1 amide bonds. The number of amides is 1. The molecule has 3 aromatic rings. The van der Waals surface area contributed by atoms with Gasteiger partial charge < -0.3 is 10.1 Å². The van der Waals surface area contributed by atoms with Gasteiger partial charge in [-0.3, -0.25) is 4.79 Å². The van der Waals surface area contributed by atoms with Crippen molar-refractivity contribution in [3.63, 3.8) is 0 Å². The number of benzene rings is 2. The van der Waals surface area contributed by atoms with Crippen LogP contribution in [-0.2, 0) is 4.79 Å². The Hall–Kier alpha value is -2.79. The molecule has 1 N–H and O–H groups in total. The van der Waals surface area contributed by atoms with Crippen molar-refractivity contribution in [3.05, 3.63) is 70.9 Å². The molecule has 0 radical (unpaired) electrons. The monoisotopic (exact) mass is 367 g/mol. The fraction of sp³-hybridized carbons (Fsp3) is 0.200. The maximum absolute atomic E-state index is 12.4. The molecule has 132 valence electrons. The molecule has 0 bridgehead atoms. The van der Waals surface area contributed by atoms with Gasteiger partial charge in [0.25, 0.3) is 0 Å². The zero-order valence-electron chi connectivity index (χ0n) is 14.3. The largest absolute Gasteiger partial charge is 0.494 e. The van der Waals surface area contributed by atoms with Gasteiger partial charge in [-0.2, -0.15) is 5.10 Å². The highest BCUT2D eigenvalue weighted by atomic mass is 35.5. The van der Waals surface area contributed by atoms with Gasteiger partial charge >= 0.3 is 0 Å². The first-order valence-electron chi connectivity index (χ1n) is 8.52. The van der Waals surface area contributed by atoms with E-state index in [2.05, 4.69) is 10.4 Å². The molecule has 1 aromatic heterocycles. The Morgan fingerprint density at radius 1 is 1.27 bits per heavy atom. The maximum Gasteiger partial charge on any atom is 0.226 e. The average Bonchev–Trinajstić information content (AvgIpc) is 3.06. The molecule has 5 nitrogen and oxygen atoms in total. The number of hydrogen-bond donors (Lipinski definition) is 1. The number of carbonyl (C=O) groups excluding carboxylic acids is 1. The lowest BCUT2D eigenvalue weighted by Gasteiger charge is -2.24. The first-order valence-corrected chi connectivity index (χ1v) is 8.90. The molecular formula is C20H18ClN3O2. The highest BCUT2D eigenvalue weighted by Gasteiger charge is 2.30. The molecule has 0 fully saturated rings. The molecule has 2 aromatic carbocycles. The van der Waals surface area contributed by atoms with E-state index in [9.17, 15) is 4.79 Å². The Kier molecular flexibility index (Phi) is 4.39. The van der Waals surface area contributed by atoms with Gasteiger partial charge in [-0.1, -0.05) is 23.7 Å². The number of nitrogens with zero attached hydrogens (tertiary/aromatic N) is 2. The van der Waals surface area contributed by atoms with Crippen LogP contribution in [0.5, 0.6) is 5.75 Å². The lowest BCUT2D eigenvalue weighted by Crippen LogP contribution is -2.24. The summed E-state index contributed by atoms with van der Waals surface area (Å²) in [5, 5.41) is 8.11. The summed E-state index contributed by atoms with van der Waals surface area (Å²) in [6, 6.07) is 15.3. The van der Waals surface area contributed by atoms with Crippen molar-refractivity contribution in [1.29, 1.82) is 0 Å². The number of anilines is 1. The molecule has 26 heavy (non-hydrogen) atoms. The van der Waals surface area contributed by atoms with Crippen LogP contribution in [0.25, 0.3) is 5.69 Å². The lowest BCUT2D eigenvalue weighted by molar-refractivity contribution is -0.116. The molecule has 0 spiro atoms. The van der Waals surface area contributed by atoms with E-state index in [4.69, 9.17) is 16.3 Å². The summed E-state index contributed by atoms with van der Waals surface area (Å²) in [6.45, 7) is 2.56. The number of nitrogens with one attached hydrogen (secondary N) is 1. The van der Waals surface area contributed by atoms with Gasteiger partial charge in [-0.15, -0.1) is 0 Å². The predicted octanol–water partition coefficient (Wildman–Crippen LogP) is 4.40. The Balaban J connectivity index is 1.76. The van der Waals surface area contributed by atoms with Gasteiger partial charge in [0.1, 0.15) is 11.6 Å². The zero-order valence-corrected chi connectivity index (χ0v) is 15.0. The summed E-state index contributed by atoms with van der Waals surface area (Å²) in [5.41, 5.74) is 2.88. The Morgan fingerprint density at radius 2 is 2.08 bits per heavy atom. The van der Waals surface area contributed by atoms with Crippen LogP contribution in [0.1, 0.15) is 30.4 Å². The van der Waals surface area contributed by atoms with Crippen molar-refractivity contribution in [2.75, 3.05) is 11.9 Å². The Labute approximate surface area is 156 Å². The SMILES string of the molecule is CCOc1cccc([C@H]2CC(=O)Nc3c2cnn3-c2ccc(Cl)cc2)c1. The second kappa shape index (κ2) is 6.84. The van der Waals surface area contributed by atoms with E-state index in [1.165, 1.54) is 0 Å². The summed E-state index contributed by atoms with van der Waals surface area (Å²) in [4.78, 5) is 12.4. The molecule has 0 unspecified atom stereocenters. The van der Waals surface area contributed by atoms with Crippen LogP contribution >= 0.6 is 11.6 Å². The predicted molar refractivity (Wildman–Crippen MR) is 101 cm³/mol. The third kappa shape index (κ3) is 3.06. The number of carbonyl (C=O) groups is 1. The van der Waals surface area contributed by atoms with Crippen LogP contribution < -0.4 is 10.1 Å². The first kappa shape index (κ1) is 16.7. The summed E-state index contributed by atoms with van der Waals surface area (Å²) >= 11 is 5.97. The minimum absolute atomic E-state index is 0.0278. The van der Waals surface area contributed by atoms with Crippen LogP contribution in [0.15, 0.2) is 54.7 Å². The van der Waals surface area contributed by atoms with E-state index in [1.807, 2.05) is 49.5 Å². The van der Waals surface area contributed by atoms with Crippen molar-refractivity contribution < 1.29 is 9.53 Å². The highest BCUT2D eigenvalue weighted by Crippen LogP contribution is 2.38. The van der Waals surface area contributed by atoms with Crippen LogP contribution in [0.2, 0.25) is 5.02 Å². The van der Waals surface area contributed by atoms with Gasteiger partial charge in [0.15, 0.2) is 0 Å². The number of ether oxygens (including phenoxy) is 1. The maximum atomic E-state index is 12.4. The molecule has 1 aliphatic rings. The zero-order chi connectivity index (χ0) is 18.1. The van der Waals surface area contributed by atoms with E-state index in [0.717, 1.165) is 22.6 Å². The van der Waals surface area contributed by atoms with E-state index < -0.39 is 0 Å². The third-order valence-electron chi connectivity index (χ3n) is 4.46. The number of aromatic nitrogens is 2. The normalized spacial score (nSPS) is 16.1. The standard InChI is InChI=1S/C20H18ClN3O2/c1-2-26-16-5-3-4-13(10-16)17-11-19(25)23-20-18(17)12-22-24(20)15-8-6-14(21)7-9-15/h3-10,12,17H,2,11H2,1H3,(H,23,25)/t17-/m1/s1. The van der Waals surface area contributed by atoms with Crippen molar-refractivity contribution in [1.82, 2.24) is 9.78 Å². The van der Waals surface area contributed by atoms with Gasteiger partial charge in [0.2, 0.25) is 5.91 Å². The molecule has 1 atom stereocenters. The molecule has 4 rings (SSSR count). The Morgan fingerprint density at radius 3 is 2.85 bits per heavy atom. The molecule has 1 aliphatic heterocycles. The smallest absolute Gasteiger partial charge is 0.226 e. The second-order valence-corrected chi connectivity index (χ2v) is 6.58. The Bertz CT molecular complexity index is 950. The average molecular weight is 368 g/mol. The minimum atomic E-state index is -0.0554. The van der Waals surface area contributed by atoms with E-state index in [1.54, 1.807) is 16.8 Å². The second-order valence-electron chi connectivity index (χ2n) is 6.15. The van der Waals surface area contributed by atoms with Crippen molar-refractivity contribution in [2.45, 2.75) is 19.3 Å².